The molecular formula is C23H27N3O3. The monoisotopic (exact) mass is 393 g/mol. The van der Waals surface area contributed by atoms with Gasteiger partial charge in [-0.3, -0.25) is 0 Å². The van der Waals surface area contributed by atoms with Crippen LogP contribution in [-0.2, 0) is 15.9 Å². The molecule has 0 saturated heterocycles. The van der Waals surface area contributed by atoms with Crippen LogP contribution >= 0.6 is 0 Å². The molecule has 0 atom stereocenters. The van der Waals surface area contributed by atoms with E-state index in [4.69, 9.17) is 14.2 Å². The smallest absolute Gasteiger partial charge is 0.183 e. The highest BCUT2D eigenvalue weighted by Crippen LogP contribution is 2.21. The van der Waals surface area contributed by atoms with Crippen LogP contribution in [0.15, 0.2) is 60.7 Å². The third kappa shape index (κ3) is 5.76. The first-order valence-corrected chi connectivity index (χ1v) is 9.60. The van der Waals surface area contributed by atoms with Crippen LogP contribution in [0.2, 0.25) is 0 Å². The minimum Gasteiger partial charge on any atom is -0.497 e. The second kappa shape index (κ2) is 10.5. The average Bonchev–Trinajstić information content (AvgIpc) is 2.79. The van der Waals surface area contributed by atoms with E-state index in [1.807, 2.05) is 60.7 Å². The Kier molecular flexibility index (Phi) is 7.55. The van der Waals surface area contributed by atoms with E-state index in [1.165, 1.54) is 0 Å². The second-order valence-corrected chi connectivity index (χ2v) is 6.59. The van der Waals surface area contributed by atoms with Gasteiger partial charge in [-0.25, -0.2) is 0 Å². The molecule has 29 heavy (non-hydrogen) atoms. The SMILES string of the molecule is COc1ccc(-c2ccc(CCCNc3ccc(C(OC)OC)cc3)nn2)cc1. The molecule has 6 nitrogen and oxygen atoms in total. The van der Waals surface area contributed by atoms with Crippen LogP contribution in [-0.4, -0.2) is 38.1 Å². The van der Waals surface area contributed by atoms with E-state index in [1.54, 1.807) is 21.3 Å². The third-order valence-corrected chi connectivity index (χ3v) is 4.66. The van der Waals surface area contributed by atoms with E-state index >= 15 is 0 Å². The summed E-state index contributed by atoms with van der Waals surface area (Å²) in [4.78, 5) is 0. The quantitative estimate of drug-likeness (QED) is 0.404. The van der Waals surface area contributed by atoms with Crippen molar-refractivity contribution in [2.24, 2.45) is 0 Å². The van der Waals surface area contributed by atoms with Crippen molar-refractivity contribution >= 4 is 5.69 Å². The molecule has 0 fully saturated rings. The van der Waals surface area contributed by atoms with Crippen molar-refractivity contribution in [3.8, 4) is 17.0 Å². The summed E-state index contributed by atoms with van der Waals surface area (Å²) in [6, 6.07) is 19.9. The van der Waals surface area contributed by atoms with Crippen molar-refractivity contribution in [3.05, 3.63) is 71.9 Å². The number of methoxy groups -OCH3 is 3. The fraction of sp³-hybridized carbons (Fsp3) is 0.304. The van der Waals surface area contributed by atoms with Gasteiger partial charge in [0.05, 0.1) is 18.5 Å². The molecule has 2 aromatic carbocycles. The predicted molar refractivity (Wildman–Crippen MR) is 114 cm³/mol. The van der Waals surface area contributed by atoms with Gasteiger partial charge in [0.25, 0.3) is 0 Å². The lowest BCUT2D eigenvalue weighted by molar-refractivity contribution is -0.106. The first-order valence-electron chi connectivity index (χ1n) is 9.60. The molecule has 0 saturated carbocycles. The fourth-order valence-corrected chi connectivity index (χ4v) is 3.04. The first kappa shape index (κ1) is 20.8. The zero-order valence-corrected chi connectivity index (χ0v) is 17.1. The Morgan fingerprint density at radius 1 is 0.828 bits per heavy atom. The molecule has 0 aliphatic carbocycles. The van der Waals surface area contributed by atoms with Crippen LogP contribution in [0.5, 0.6) is 5.75 Å². The number of aromatic nitrogens is 2. The van der Waals surface area contributed by atoms with Crippen molar-refractivity contribution in [2.75, 3.05) is 33.2 Å². The standard InChI is InChI=1S/C23H27N3O3/c1-27-21-13-8-17(9-14-21)22-15-12-20(25-26-22)5-4-16-24-19-10-6-18(7-11-19)23(28-2)29-3/h6-15,23-24H,4-5,16H2,1-3H3. The van der Waals surface area contributed by atoms with Gasteiger partial charge in [0.15, 0.2) is 6.29 Å². The number of nitrogens with one attached hydrogen (secondary N) is 1. The van der Waals surface area contributed by atoms with E-state index in [0.717, 1.165) is 53.3 Å². The summed E-state index contributed by atoms with van der Waals surface area (Å²) in [5, 5.41) is 12.1. The molecule has 152 valence electrons. The number of nitrogens with zero attached hydrogens (tertiary/aromatic N) is 2. The van der Waals surface area contributed by atoms with Crippen LogP contribution in [0.4, 0.5) is 5.69 Å². The Hall–Kier alpha value is -2.96. The number of hydrogen-bond acceptors (Lipinski definition) is 6. The minimum atomic E-state index is -0.330. The lowest BCUT2D eigenvalue weighted by atomic mass is 10.1. The van der Waals surface area contributed by atoms with E-state index in [2.05, 4.69) is 15.5 Å². The summed E-state index contributed by atoms with van der Waals surface area (Å²) < 4.78 is 15.7. The molecule has 0 aliphatic heterocycles. The zero-order valence-electron chi connectivity index (χ0n) is 17.1. The highest BCUT2D eigenvalue weighted by molar-refractivity contribution is 5.59. The maximum absolute atomic E-state index is 5.26. The number of aryl methyl sites for hydroxylation is 1. The van der Waals surface area contributed by atoms with Crippen molar-refractivity contribution in [1.29, 1.82) is 0 Å². The van der Waals surface area contributed by atoms with Gasteiger partial charge in [0.2, 0.25) is 0 Å². The number of anilines is 1. The normalized spacial score (nSPS) is 10.9. The molecule has 3 aromatic rings. The highest BCUT2D eigenvalue weighted by Gasteiger charge is 2.08. The lowest BCUT2D eigenvalue weighted by Crippen LogP contribution is -2.06. The van der Waals surface area contributed by atoms with Crippen LogP contribution in [0.25, 0.3) is 11.3 Å². The summed E-state index contributed by atoms with van der Waals surface area (Å²) in [7, 11) is 4.92. The molecule has 1 heterocycles. The van der Waals surface area contributed by atoms with Crippen LogP contribution in [0, 0.1) is 0 Å². The summed E-state index contributed by atoms with van der Waals surface area (Å²) in [5.41, 5.74) is 4.94. The highest BCUT2D eigenvalue weighted by atomic mass is 16.7. The molecule has 0 unspecified atom stereocenters. The molecule has 0 amide bonds. The van der Waals surface area contributed by atoms with Crippen LogP contribution in [0.3, 0.4) is 0 Å². The van der Waals surface area contributed by atoms with Crippen LogP contribution in [0.1, 0.15) is 24.0 Å². The maximum atomic E-state index is 5.26. The van der Waals surface area contributed by atoms with Crippen molar-refractivity contribution in [1.82, 2.24) is 10.2 Å². The van der Waals surface area contributed by atoms with Gasteiger partial charge < -0.3 is 19.5 Å². The summed E-state index contributed by atoms with van der Waals surface area (Å²) in [6.45, 7) is 0.860. The van der Waals surface area contributed by atoms with Gasteiger partial charge in [0, 0.05) is 37.6 Å². The summed E-state index contributed by atoms with van der Waals surface area (Å²) in [5.74, 6) is 0.831. The van der Waals surface area contributed by atoms with Crippen molar-refractivity contribution < 1.29 is 14.2 Å². The molecule has 0 aliphatic rings. The Morgan fingerprint density at radius 2 is 1.55 bits per heavy atom. The Balaban J connectivity index is 1.45. The second-order valence-electron chi connectivity index (χ2n) is 6.59. The number of hydrogen-bond donors (Lipinski definition) is 1. The number of rotatable bonds is 10. The fourth-order valence-electron chi connectivity index (χ4n) is 3.04. The molecule has 1 aromatic heterocycles. The van der Waals surface area contributed by atoms with Gasteiger partial charge >= 0.3 is 0 Å². The third-order valence-electron chi connectivity index (χ3n) is 4.66. The molecule has 3 rings (SSSR count). The topological polar surface area (TPSA) is 65.5 Å². The Morgan fingerprint density at radius 3 is 2.14 bits per heavy atom. The lowest BCUT2D eigenvalue weighted by Gasteiger charge is -2.14. The molecule has 0 spiro atoms. The molecule has 1 N–H and O–H groups in total. The van der Waals surface area contributed by atoms with Gasteiger partial charge in [0.1, 0.15) is 5.75 Å². The predicted octanol–water partition coefficient (Wildman–Crippen LogP) is 4.49. The van der Waals surface area contributed by atoms with Gasteiger partial charge in [-0.1, -0.05) is 12.1 Å². The van der Waals surface area contributed by atoms with Gasteiger partial charge in [-0.2, -0.15) is 10.2 Å². The molecule has 0 radical (unpaired) electrons. The number of benzene rings is 2. The van der Waals surface area contributed by atoms with E-state index in [0.29, 0.717) is 0 Å². The van der Waals surface area contributed by atoms with E-state index < -0.39 is 0 Å². The minimum absolute atomic E-state index is 0.330. The largest absolute Gasteiger partial charge is 0.497 e. The summed E-state index contributed by atoms with van der Waals surface area (Å²) >= 11 is 0. The summed E-state index contributed by atoms with van der Waals surface area (Å²) in [6.07, 6.45) is 1.51. The van der Waals surface area contributed by atoms with E-state index in [9.17, 15) is 0 Å². The Bertz CT molecular complexity index is 861. The van der Waals surface area contributed by atoms with Crippen molar-refractivity contribution in [2.45, 2.75) is 19.1 Å². The Labute approximate surface area is 171 Å². The average molecular weight is 393 g/mol. The molecule has 6 heteroatoms. The molecule has 0 bridgehead atoms. The maximum Gasteiger partial charge on any atom is 0.183 e. The first-order chi connectivity index (χ1) is 14.2. The molecular weight excluding hydrogens is 366 g/mol. The van der Waals surface area contributed by atoms with Crippen LogP contribution < -0.4 is 10.1 Å². The van der Waals surface area contributed by atoms with E-state index in [-0.39, 0.29) is 6.29 Å². The van der Waals surface area contributed by atoms with Gasteiger partial charge in [-0.15, -0.1) is 0 Å². The number of ether oxygens (including phenoxy) is 3. The van der Waals surface area contributed by atoms with Gasteiger partial charge in [-0.05, 0) is 61.4 Å². The van der Waals surface area contributed by atoms with Crippen molar-refractivity contribution in [3.63, 3.8) is 0 Å². The zero-order chi connectivity index (χ0) is 20.5.